The summed E-state index contributed by atoms with van der Waals surface area (Å²) in [4.78, 5) is 10.1. The second kappa shape index (κ2) is 5.86. The first-order valence-corrected chi connectivity index (χ1v) is 10.1. The van der Waals surface area contributed by atoms with Gasteiger partial charge in [0.15, 0.2) is 8.32 Å². The molecule has 0 saturated heterocycles. The normalized spacial score (nSPS) is 16.5. The smallest absolute Gasteiger partial charge is 0.188 e. The standard InChI is InChI=1S/C12H27NO2SSi/c1-11(2,3)16(14)13-10-8-9-12(4,5)17(6,7)15/h10,15H,8-9H2,1-7H3/b13-10-/t16-/m1/s1. The minimum atomic E-state index is -2.14. The summed E-state index contributed by atoms with van der Waals surface area (Å²) < 4.78 is 15.4. The Hall–Kier alpha value is 0.157. The van der Waals surface area contributed by atoms with E-state index in [0.29, 0.717) is 0 Å². The molecule has 5 heteroatoms. The van der Waals surface area contributed by atoms with E-state index >= 15 is 0 Å². The number of nitrogens with zero attached hydrogens (tertiary/aromatic N) is 1. The van der Waals surface area contributed by atoms with Crippen LogP contribution in [0, 0.1) is 0 Å². The lowest BCUT2D eigenvalue weighted by Gasteiger charge is -2.34. The van der Waals surface area contributed by atoms with Crippen molar-refractivity contribution in [2.45, 2.75) is 70.3 Å². The van der Waals surface area contributed by atoms with Crippen LogP contribution in [0.25, 0.3) is 0 Å². The molecule has 0 aromatic rings. The van der Waals surface area contributed by atoms with Gasteiger partial charge in [0.2, 0.25) is 0 Å². The highest BCUT2D eigenvalue weighted by molar-refractivity contribution is 7.91. The van der Waals surface area contributed by atoms with Crippen LogP contribution in [0.4, 0.5) is 0 Å². The lowest BCUT2D eigenvalue weighted by molar-refractivity contribution is 0.456. The van der Waals surface area contributed by atoms with E-state index in [1.165, 1.54) is 0 Å². The van der Waals surface area contributed by atoms with Crippen LogP contribution in [-0.2, 0) is 11.4 Å². The Morgan fingerprint density at radius 2 is 1.71 bits per heavy atom. The van der Waals surface area contributed by atoms with Crippen LogP contribution in [0.5, 0.6) is 0 Å². The molecule has 0 aromatic carbocycles. The molecule has 3 nitrogen and oxygen atoms in total. The van der Waals surface area contributed by atoms with E-state index < -0.39 is 19.7 Å². The Kier molecular flexibility index (Phi) is 5.92. The fourth-order valence-corrected chi connectivity index (χ4v) is 2.32. The zero-order valence-electron chi connectivity index (χ0n) is 12.2. The topological polar surface area (TPSA) is 55.7 Å². The predicted molar refractivity (Wildman–Crippen MR) is 79.4 cm³/mol. The first-order valence-electron chi connectivity index (χ1n) is 6.05. The Labute approximate surface area is 110 Å². The third-order valence-electron chi connectivity index (χ3n) is 3.25. The molecule has 0 aliphatic heterocycles. The van der Waals surface area contributed by atoms with Crippen LogP contribution < -0.4 is 0 Å². The maximum absolute atomic E-state index is 11.7. The molecule has 0 spiro atoms. The van der Waals surface area contributed by atoms with E-state index in [4.69, 9.17) is 0 Å². The SMILES string of the molecule is CC(C)(C)[S@@+]([O-])/N=C\CCC(C)(C)[Si](C)(C)O. The van der Waals surface area contributed by atoms with Gasteiger partial charge in [-0.15, -0.1) is 0 Å². The highest BCUT2D eigenvalue weighted by Crippen LogP contribution is 2.39. The first kappa shape index (κ1) is 17.2. The van der Waals surface area contributed by atoms with Gasteiger partial charge in [-0.05, 0) is 51.7 Å². The fraction of sp³-hybridized carbons (Fsp3) is 0.917. The van der Waals surface area contributed by atoms with Crippen LogP contribution in [0.2, 0.25) is 18.1 Å². The molecule has 0 radical (unpaired) electrons. The average Bonchev–Trinajstić information content (AvgIpc) is 2.08. The highest BCUT2D eigenvalue weighted by Gasteiger charge is 2.37. The van der Waals surface area contributed by atoms with Crippen LogP contribution in [0.15, 0.2) is 4.40 Å². The Morgan fingerprint density at radius 1 is 1.24 bits per heavy atom. The van der Waals surface area contributed by atoms with E-state index in [2.05, 4.69) is 18.2 Å². The average molecular weight is 278 g/mol. The number of rotatable bonds is 5. The summed E-state index contributed by atoms with van der Waals surface area (Å²) in [6, 6.07) is 0. The van der Waals surface area contributed by atoms with Crippen LogP contribution in [0.1, 0.15) is 47.5 Å². The van der Waals surface area contributed by atoms with Crippen molar-refractivity contribution in [2.75, 3.05) is 0 Å². The van der Waals surface area contributed by atoms with E-state index in [9.17, 15) is 9.35 Å². The number of hydrogen-bond acceptors (Lipinski definition) is 3. The second-order valence-electron chi connectivity index (χ2n) is 6.63. The van der Waals surface area contributed by atoms with Gasteiger partial charge in [-0.3, -0.25) is 0 Å². The lowest BCUT2D eigenvalue weighted by atomic mass is 10.1. The molecule has 0 amide bonds. The molecule has 1 N–H and O–H groups in total. The second-order valence-corrected chi connectivity index (χ2v) is 13.0. The summed E-state index contributed by atoms with van der Waals surface area (Å²) in [5.74, 6) is 0. The summed E-state index contributed by atoms with van der Waals surface area (Å²) in [6.07, 6.45) is 3.39. The van der Waals surface area contributed by atoms with Crippen LogP contribution in [0.3, 0.4) is 0 Å². The maximum Gasteiger partial charge on any atom is 0.188 e. The first-order chi connectivity index (χ1) is 7.38. The van der Waals surface area contributed by atoms with Gasteiger partial charge in [0, 0.05) is 0 Å². The van der Waals surface area contributed by atoms with Crippen molar-refractivity contribution in [1.82, 2.24) is 0 Å². The minimum Gasteiger partial charge on any atom is -0.591 e. The largest absolute Gasteiger partial charge is 0.591 e. The van der Waals surface area contributed by atoms with Crippen molar-refractivity contribution >= 4 is 25.9 Å². The van der Waals surface area contributed by atoms with Crippen molar-refractivity contribution in [2.24, 2.45) is 4.40 Å². The van der Waals surface area contributed by atoms with Crippen LogP contribution >= 0.6 is 0 Å². The summed E-state index contributed by atoms with van der Waals surface area (Å²) in [7, 11) is -2.14. The van der Waals surface area contributed by atoms with Gasteiger partial charge in [0.25, 0.3) is 0 Å². The van der Waals surface area contributed by atoms with Crippen molar-refractivity contribution in [1.29, 1.82) is 0 Å². The van der Waals surface area contributed by atoms with E-state index in [0.717, 1.165) is 12.8 Å². The van der Waals surface area contributed by atoms with Gasteiger partial charge in [-0.2, -0.15) is 0 Å². The predicted octanol–water partition coefficient (Wildman–Crippen LogP) is 3.28. The fourth-order valence-electron chi connectivity index (χ4n) is 1.01. The van der Waals surface area contributed by atoms with Crippen molar-refractivity contribution in [3.63, 3.8) is 0 Å². The Morgan fingerprint density at radius 3 is 2.06 bits per heavy atom. The molecule has 0 aromatic heterocycles. The summed E-state index contributed by atoms with van der Waals surface area (Å²) in [6.45, 7) is 13.8. The van der Waals surface area contributed by atoms with E-state index in [1.54, 1.807) is 6.21 Å². The molecular formula is C12H27NO2SSi. The van der Waals surface area contributed by atoms with E-state index in [-0.39, 0.29) is 9.79 Å². The molecule has 17 heavy (non-hydrogen) atoms. The third kappa shape index (κ3) is 6.04. The molecular weight excluding hydrogens is 250 g/mol. The minimum absolute atomic E-state index is 0.0394. The zero-order chi connectivity index (χ0) is 13.9. The quantitative estimate of drug-likeness (QED) is 0.476. The molecule has 0 bridgehead atoms. The summed E-state index contributed by atoms with van der Waals surface area (Å²) in [5, 5.41) is -0.0394. The van der Waals surface area contributed by atoms with Crippen LogP contribution in [-0.4, -0.2) is 28.6 Å². The molecule has 0 unspecified atom stereocenters. The van der Waals surface area contributed by atoms with E-state index in [1.807, 2.05) is 33.9 Å². The molecule has 0 fully saturated rings. The van der Waals surface area contributed by atoms with Gasteiger partial charge in [-0.25, -0.2) is 0 Å². The van der Waals surface area contributed by atoms with Gasteiger partial charge in [-0.1, -0.05) is 18.2 Å². The summed E-state index contributed by atoms with van der Waals surface area (Å²) >= 11 is -1.17. The van der Waals surface area contributed by atoms with Gasteiger partial charge < -0.3 is 9.35 Å². The van der Waals surface area contributed by atoms with Gasteiger partial charge >= 0.3 is 0 Å². The molecule has 0 rings (SSSR count). The molecule has 1 atom stereocenters. The molecule has 0 heterocycles. The van der Waals surface area contributed by atoms with Gasteiger partial charge in [0.1, 0.15) is 16.1 Å². The Balaban J connectivity index is 4.22. The molecule has 102 valence electrons. The Bertz CT molecular complexity index is 267. The van der Waals surface area contributed by atoms with Crippen molar-refractivity contribution in [3.8, 4) is 0 Å². The highest BCUT2D eigenvalue weighted by atomic mass is 32.2. The summed E-state index contributed by atoms with van der Waals surface area (Å²) in [5.41, 5.74) is 0. The van der Waals surface area contributed by atoms with Crippen molar-refractivity contribution in [3.05, 3.63) is 0 Å². The lowest BCUT2D eigenvalue weighted by Crippen LogP contribution is -2.39. The van der Waals surface area contributed by atoms with Crippen molar-refractivity contribution < 1.29 is 9.35 Å². The third-order valence-corrected chi connectivity index (χ3v) is 8.20. The molecule has 0 saturated carbocycles. The monoisotopic (exact) mass is 277 g/mol. The molecule has 0 aliphatic carbocycles. The van der Waals surface area contributed by atoms with Gasteiger partial charge in [0.05, 0.1) is 6.21 Å². The maximum atomic E-state index is 11.7. The molecule has 0 aliphatic rings. The number of hydrogen-bond donors (Lipinski definition) is 1. The zero-order valence-corrected chi connectivity index (χ0v) is 14.0.